The Morgan fingerprint density at radius 1 is 0.548 bits per heavy atom. The molecular weight excluding hydrogens is 383 g/mol. The Kier molecular flexibility index (Phi) is 5.31. The fraction of sp³-hybridized carbons (Fsp3) is 0.172. The SMILES string of the molecule is CC[Si](C1C=Cc2ccccc21)(C1C=Cc2ccccc21)C1C=Cc2ccccc21.[LiH]. The van der Waals surface area contributed by atoms with E-state index in [-0.39, 0.29) is 18.9 Å². The van der Waals surface area contributed by atoms with Crippen LogP contribution in [0.1, 0.15) is 56.9 Å². The minimum atomic E-state index is -1.98. The van der Waals surface area contributed by atoms with Crippen molar-refractivity contribution in [2.45, 2.75) is 29.6 Å². The Balaban J connectivity index is 0.00000204. The van der Waals surface area contributed by atoms with E-state index in [2.05, 4.69) is 116 Å². The molecule has 0 radical (unpaired) electrons. The van der Waals surface area contributed by atoms with Crippen molar-refractivity contribution in [1.82, 2.24) is 0 Å². The second kappa shape index (κ2) is 7.99. The molecule has 31 heavy (non-hydrogen) atoms. The number of allylic oxidation sites excluding steroid dienone is 3. The molecule has 6 rings (SSSR count). The van der Waals surface area contributed by atoms with E-state index in [1.54, 1.807) is 16.7 Å². The molecule has 3 aliphatic carbocycles. The van der Waals surface area contributed by atoms with Crippen molar-refractivity contribution in [2.75, 3.05) is 0 Å². The van der Waals surface area contributed by atoms with Gasteiger partial charge in [-0.3, -0.25) is 0 Å². The molecule has 0 nitrogen and oxygen atoms in total. The monoisotopic (exact) mass is 410 g/mol. The normalized spacial score (nSPS) is 23.7. The summed E-state index contributed by atoms with van der Waals surface area (Å²) in [5.74, 6) is 0. The van der Waals surface area contributed by atoms with E-state index in [0.29, 0.717) is 16.6 Å². The summed E-state index contributed by atoms with van der Waals surface area (Å²) in [6.07, 6.45) is 14.8. The minimum absolute atomic E-state index is 0. The fourth-order valence-electron chi connectivity index (χ4n) is 6.39. The number of benzene rings is 3. The molecule has 0 aliphatic heterocycles. The van der Waals surface area contributed by atoms with Crippen molar-refractivity contribution in [2.24, 2.45) is 0 Å². The van der Waals surface area contributed by atoms with Gasteiger partial charge in [-0.1, -0.05) is 122 Å². The van der Waals surface area contributed by atoms with Crippen LogP contribution in [0.5, 0.6) is 0 Å². The molecule has 148 valence electrons. The van der Waals surface area contributed by atoms with Gasteiger partial charge in [0.15, 0.2) is 0 Å². The van der Waals surface area contributed by atoms with Gasteiger partial charge in [0.2, 0.25) is 0 Å². The van der Waals surface area contributed by atoms with E-state index in [4.69, 9.17) is 0 Å². The molecule has 0 aromatic heterocycles. The van der Waals surface area contributed by atoms with Crippen LogP contribution in [0.3, 0.4) is 0 Å². The maximum atomic E-state index is 2.55. The van der Waals surface area contributed by atoms with Gasteiger partial charge in [-0.05, 0) is 50.0 Å². The van der Waals surface area contributed by atoms with Crippen LogP contribution in [0.15, 0.2) is 91.0 Å². The van der Waals surface area contributed by atoms with E-state index >= 15 is 0 Å². The van der Waals surface area contributed by atoms with Gasteiger partial charge in [-0.15, -0.1) is 0 Å². The summed E-state index contributed by atoms with van der Waals surface area (Å²) in [4.78, 5) is 0. The molecular formula is C29H27LiSi. The summed E-state index contributed by atoms with van der Waals surface area (Å²) >= 11 is 0. The van der Waals surface area contributed by atoms with Gasteiger partial charge in [0.1, 0.15) is 0 Å². The maximum absolute atomic E-state index is 2.55. The van der Waals surface area contributed by atoms with E-state index in [0.717, 1.165) is 0 Å². The first kappa shape index (κ1) is 20.6. The molecule has 3 aromatic rings. The molecule has 0 heterocycles. The Hall–Kier alpha value is -2.31. The van der Waals surface area contributed by atoms with E-state index < -0.39 is 8.07 Å². The van der Waals surface area contributed by atoms with Gasteiger partial charge in [-0.25, -0.2) is 0 Å². The van der Waals surface area contributed by atoms with Crippen molar-refractivity contribution in [1.29, 1.82) is 0 Å². The van der Waals surface area contributed by atoms with Crippen LogP contribution in [-0.2, 0) is 0 Å². The molecule has 0 spiro atoms. The van der Waals surface area contributed by atoms with Gasteiger partial charge in [0.05, 0.1) is 8.07 Å². The standard InChI is InChI=1S/C29H26Si.Li.H/c1-2-30(27-18-15-21-9-3-6-12-24(21)27,28-19-16-22-10-4-7-13-25(22)28)29-20-17-23-11-5-8-14-26(23)29;;/h3-20,27-29H,2H2,1H3;;. The average molecular weight is 411 g/mol. The number of hydrogen-bond donors (Lipinski definition) is 0. The molecule has 0 N–H and O–H groups in total. The number of fused-ring (bicyclic) bond motifs is 3. The van der Waals surface area contributed by atoms with Crippen LogP contribution in [0.4, 0.5) is 0 Å². The van der Waals surface area contributed by atoms with Gasteiger partial charge in [-0.2, -0.15) is 0 Å². The van der Waals surface area contributed by atoms with Crippen LogP contribution in [0.2, 0.25) is 6.04 Å². The Morgan fingerprint density at radius 2 is 0.871 bits per heavy atom. The summed E-state index contributed by atoms with van der Waals surface area (Å²) in [7, 11) is -1.98. The first-order chi connectivity index (χ1) is 14.8. The van der Waals surface area contributed by atoms with Gasteiger partial charge in [0.25, 0.3) is 0 Å². The summed E-state index contributed by atoms with van der Waals surface area (Å²) in [6.45, 7) is 2.46. The third-order valence-electron chi connectivity index (χ3n) is 7.75. The van der Waals surface area contributed by atoms with Gasteiger partial charge in [0, 0.05) is 0 Å². The third-order valence-corrected chi connectivity index (χ3v) is 14.0. The molecule has 3 aromatic carbocycles. The molecule has 0 bridgehead atoms. The number of rotatable bonds is 4. The van der Waals surface area contributed by atoms with E-state index in [9.17, 15) is 0 Å². The van der Waals surface area contributed by atoms with Crippen LogP contribution < -0.4 is 0 Å². The van der Waals surface area contributed by atoms with Crippen molar-refractivity contribution < 1.29 is 0 Å². The van der Waals surface area contributed by atoms with Crippen LogP contribution in [0.25, 0.3) is 18.2 Å². The quantitative estimate of drug-likeness (QED) is 0.412. The predicted octanol–water partition coefficient (Wildman–Crippen LogP) is 6.86. The zero-order chi connectivity index (χ0) is 20.1. The summed E-state index contributed by atoms with van der Waals surface area (Å²) in [6, 6.07) is 28.5. The molecule has 2 heteroatoms. The topological polar surface area (TPSA) is 0 Å². The zero-order valence-electron chi connectivity index (χ0n) is 17.3. The molecule has 0 saturated heterocycles. The summed E-state index contributed by atoms with van der Waals surface area (Å²) in [5.41, 5.74) is 10.5. The van der Waals surface area contributed by atoms with Crippen molar-refractivity contribution >= 4 is 45.2 Å². The molecule has 3 aliphatic rings. The van der Waals surface area contributed by atoms with Crippen molar-refractivity contribution in [3.63, 3.8) is 0 Å². The van der Waals surface area contributed by atoms with Gasteiger partial charge < -0.3 is 0 Å². The van der Waals surface area contributed by atoms with Crippen LogP contribution in [-0.4, -0.2) is 26.9 Å². The van der Waals surface area contributed by atoms with Crippen molar-refractivity contribution in [3.05, 3.63) is 124 Å². The molecule has 3 atom stereocenters. The second-order valence-electron chi connectivity index (χ2n) is 8.86. The predicted molar refractivity (Wildman–Crippen MR) is 138 cm³/mol. The Morgan fingerprint density at radius 3 is 1.19 bits per heavy atom. The Bertz CT molecular complexity index is 1070. The van der Waals surface area contributed by atoms with E-state index in [1.807, 2.05) is 0 Å². The summed E-state index contributed by atoms with van der Waals surface area (Å²) in [5, 5.41) is 0. The average Bonchev–Trinajstić information content (AvgIpc) is 3.53. The van der Waals surface area contributed by atoms with Crippen LogP contribution in [0, 0.1) is 0 Å². The van der Waals surface area contributed by atoms with Gasteiger partial charge >= 0.3 is 18.9 Å². The summed E-state index contributed by atoms with van der Waals surface area (Å²) < 4.78 is 0. The first-order valence-corrected chi connectivity index (χ1v) is 13.6. The zero-order valence-corrected chi connectivity index (χ0v) is 18.3. The molecule has 0 fully saturated rings. The third kappa shape index (κ3) is 2.95. The first-order valence-electron chi connectivity index (χ1n) is 11.1. The molecule has 3 unspecified atom stereocenters. The molecule has 0 amide bonds. The van der Waals surface area contributed by atoms with E-state index in [1.165, 1.54) is 22.7 Å². The second-order valence-corrected chi connectivity index (χ2v) is 13.7. The Labute approximate surface area is 198 Å². The fourth-order valence-corrected chi connectivity index (χ4v) is 12.8. The number of hydrogen-bond acceptors (Lipinski definition) is 0. The molecule has 0 saturated carbocycles. The van der Waals surface area contributed by atoms with Crippen molar-refractivity contribution in [3.8, 4) is 0 Å². The van der Waals surface area contributed by atoms with Crippen LogP contribution >= 0.6 is 0 Å².